The number of fused-ring (bicyclic) bond motifs is 2. The second-order valence-electron chi connectivity index (χ2n) is 8.73. The van der Waals surface area contributed by atoms with Crippen LogP contribution < -0.4 is 21.1 Å². The molecule has 180 valence electrons. The number of aromatic nitrogens is 2. The predicted octanol–water partition coefficient (Wildman–Crippen LogP) is 4.32. The zero-order chi connectivity index (χ0) is 24.5. The van der Waals surface area contributed by atoms with Crippen molar-refractivity contribution in [2.75, 3.05) is 17.4 Å². The summed E-state index contributed by atoms with van der Waals surface area (Å²) in [5.41, 5.74) is 9.99. The highest BCUT2D eigenvalue weighted by molar-refractivity contribution is 7.80. The third-order valence-corrected chi connectivity index (χ3v) is 6.92. The summed E-state index contributed by atoms with van der Waals surface area (Å²) in [4.78, 5) is 22.5. The number of benzene rings is 1. The van der Waals surface area contributed by atoms with Crippen LogP contribution in [0.15, 0.2) is 48.9 Å². The van der Waals surface area contributed by atoms with E-state index in [9.17, 15) is 9.18 Å². The lowest BCUT2D eigenvalue weighted by atomic mass is 9.96. The first-order valence-corrected chi connectivity index (χ1v) is 12.2. The summed E-state index contributed by atoms with van der Waals surface area (Å²) in [7, 11) is 1.72. The monoisotopic (exact) mass is 510 g/mol. The molecule has 2 aromatic heterocycles. The number of nitrogens with one attached hydrogen (secondary N) is 3. The maximum Gasteiger partial charge on any atom is 0.229 e. The summed E-state index contributed by atoms with van der Waals surface area (Å²) in [5, 5.41) is 3.90. The molecule has 0 spiro atoms. The predicted molar refractivity (Wildman–Crippen MR) is 138 cm³/mol. The second kappa shape index (κ2) is 9.75. The molecular formula is C25H24ClFN6OS. The van der Waals surface area contributed by atoms with Crippen LogP contribution in [0.3, 0.4) is 0 Å². The lowest BCUT2D eigenvalue weighted by Gasteiger charge is -2.24. The Bertz CT molecular complexity index is 1300. The summed E-state index contributed by atoms with van der Waals surface area (Å²) in [6.07, 6.45) is 8.28. The van der Waals surface area contributed by atoms with Crippen LogP contribution in [0.4, 0.5) is 15.9 Å². The number of carbonyl (C=O) groups is 1. The molecule has 1 fully saturated rings. The van der Waals surface area contributed by atoms with Crippen LogP contribution in [0, 0.1) is 11.7 Å². The number of hydrogen-bond donors (Lipinski definition) is 3. The number of carbonyl (C=O) groups excluding carboxylic acids is 1. The van der Waals surface area contributed by atoms with E-state index in [1.165, 1.54) is 6.07 Å². The fourth-order valence-corrected chi connectivity index (χ4v) is 4.71. The van der Waals surface area contributed by atoms with Gasteiger partial charge in [0, 0.05) is 30.9 Å². The quantitative estimate of drug-likeness (QED) is 0.348. The van der Waals surface area contributed by atoms with Crippen molar-refractivity contribution >= 4 is 46.3 Å². The minimum Gasteiger partial charge on any atom is -0.350 e. The molecule has 0 saturated heterocycles. The van der Waals surface area contributed by atoms with Crippen molar-refractivity contribution < 1.29 is 9.18 Å². The second-order valence-corrected chi connectivity index (χ2v) is 9.55. The molecule has 1 saturated carbocycles. The summed E-state index contributed by atoms with van der Waals surface area (Å²) in [6.45, 7) is 0. The molecular weight excluding hydrogens is 487 g/mol. The van der Waals surface area contributed by atoms with Gasteiger partial charge >= 0.3 is 0 Å². The van der Waals surface area contributed by atoms with Crippen molar-refractivity contribution in [1.29, 1.82) is 0 Å². The van der Waals surface area contributed by atoms with E-state index < -0.39 is 0 Å². The van der Waals surface area contributed by atoms with Gasteiger partial charge in [-0.3, -0.25) is 20.6 Å². The number of amides is 1. The Balaban J connectivity index is 1.30. The van der Waals surface area contributed by atoms with E-state index >= 15 is 0 Å². The maximum absolute atomic E-state index is 14.6. The molecule has 5 rings (SSSR count). The van der Waals surface area contributed by atoms with E-state index in [1.807, 2.05) is 12.1 Å². The Labute approximate surface area is 213 Å². The lowest BCUT2D eigenvalue weighted by molar-refractivity contribution is -0.119. The number of aryl methyl sites for hydroxylation is 1. The summed E-state index contributed by atoms with van der Waals surface area (Å²) < 4.78 is 14.6. The van der Waals surface area contributed by atoms with Gasteiger partial charge in [-0.2, -0.15) is 0 Å². The minimum atomic E-state index is -0.374. The van der Waals surface area contributed by atoms with Crippen molar-refractivity contribution in [3.8, 4) is 0 Å². The number of hydrazine groups is 1. The molecule has 3 N–H and O–H groups in total. The molecule has 1 unspecified atom stereocenters. The molecule has 1 amide bonds. The van der Waals surface area contributed by atoms with Gasteiger partial charge < -0.3 is 10.2 Å². The molecule has 35 heavy (non-hydrogen) atoms. The zero-order valence-electron chi connectivity index (χ0n) is 19.0. The van der Waals surface area contributed by atoms with E-state index in [0.29, 0.717) is 34.9 Å². The largest absolute Gasteiger partial charge is 0.350 e. The van der Waals surface area contributed by atoms with Crippen LogP contribution in [-0.2, 0) is 17.6 Å². The van der Waals surface area contributed by atoms with Gasteiger partial charge in [0.25, 0.3) is 0 Å². The number of anilines is 2. The van der Waals surface area contributed by atoms with E-state index in [-0.39, 0.29) is 28.8 Å². The number of hydrogen-bond acceptors (Lipinski definition) is 5. The molecule has 0 radical (unpaired) electrons. The van der Waals surface area contributed by atoms with Crippen molar-refractivity contribution in [1.82, 2.24) is 20.7 Å². The first-order valence-electron chi connectivity index (χ1n) is 11.4. The van der Waals surface area contributed by atoms with Crippen LogP contribution >= 0.6 is 23.8 Å². The van der Waals surface area contributed by atoms with Crippen molar-refractivity contribution in [3.05, 3.63) is 82.0 Å². The Kier molecular flexibility index (Phi) is 6.53. The van der Waals surface area contributed by atoms with E-state index in [4.69, 9.17) is 23.8 Å². The Morgan fingerprint density at radius 1 is 1.20 bits per heavy atom. The highest BCUT2D eigenvalue weighted by Gasteiger charge is 2.32. The maximum atomic E-state index is 14.6. The van der Waals surface area contributed by atoms with Gasteiger partial charge in [-0.1, -0.05) is 23.7 Å². The molecule has 0 aliphatic heterocycles. The Morgan fingerprint density at radius 3 is 2.80 bits per heavy atom. The summed E-state index contributed by atoms with van der Waals surface area (Å²) in [6, 6.07) is 8.36. The van der Waals surface area contributed by atoms with E-state index in [2.05, 4.69) is 26.1 Å². The summed E-state index contributed by atoms with van der Waals surface area (Å²) >= 11 is 11.9. The van der Waals surface area contributed by atoms with Gasteiger partial charge in [-0.05, 0) is 72.8 Å². The van der Waals surface area contributed by atoms with Crippen molar-refractivity contribution in [3.63, 3.8) is 0 Å². The molecule has 7 nitrogen and oxygen atoms in total. The number of nitrogens with zero attached hydrogens (tertiary/aromatic N) is 3. The first kappa shape index (κ1) is 23.4. The van der Waals surface area contributed by atoms with Gasteiger partial charge in [-0.15, -0.1) is 0 Å². The summed E-state index contributed by atoms with van der Waals surface area (Å²) in [5.74, 6) is 0.307. The molecule has 1 atom stereocenters. The van der Waals surface area contributed by atoms with Gasteiger partial charge in [-0.25, -0.2) is 9.37 Å². The Morgan fingerprint density at radius 2 is 2.03 bits per heavy atom. The van der Waals surface area contributed by atoms with E-state index in [1.54, 1.807) is 42.7 Å². The van der Waals surface area contributed by atoms with Gasteiger partial charge in [0.1, 0.15) is 5.82 Å². The van der Waals surface area contributed by atoms with Crippen LogP contribution in [0.5, 0.6) is 0 Å². The van der Waals surface area contributed by atoms with Crippen LogP contribution in [0.1, 0.15) is 41.1 Å². The smallest absolute Gasteiger partial charge is 0.229 e. The highest BCUT2D eigenvalue weighted by Crippen LogP contribution is 2.34. The first-order chi connectivity index (χ1) is 16.9. The molecule has 2 heterocycles. The number of thiocarbonyl (C=S) groups is 1. The molecule has 2 aliphatic rings. The van der Waals surface area contributed by atoms with Crippen LogP contribution in [0.2, 0.25) is 5.02 Å². The van der Waals surface area contributed by atoms with Gasteiger partial charge in [0.15, 0.2) is 10.9 Å². The SMILES string of the molecule is CN(C(=O)C1CC1)c1cnc(NNC(=S)NC2c3cnccc3CCc3c(F)cccc32)c(Cl)c1. The molecule has 3 aromatic rings. The topological polar surface area (TPSA) is 82.2 Å². The average molecular weight is 511 g/mol. The third-order valence-electron chi connectivity index (χ3n) is 6.41. The van der Waals surface area contributed by atoms with Crippen molar-refractivity contribution in [2.45, 2.75) is 31.7 Å². The zero-order valence-corrected chi connectivity index (χ0v) is 20.6. The molecule has 2 aliphatic carbocycles. The van der Waals surface area contributed by atoms with Gasteiger partial charge in [0.2, 0.25) is 5.91 Å². The standard InChI is InChI=1S/C25H24ClFN6OS/c1-33(24(34)15-5-6-15)16-11-20(26)23(29-12-16)31-32-25(35)30-22-18-3-2-4-21(27)17(18)8-7-14-9-10-28-13-19(14)22/h2-4,9-13,15,22H,5-8H2,1H3,(H,29,31)(H2,30,32,35). The third kappa shape index (κ3) is 4.92. The minimum absolute atomic E-state index is 0.0713. The molecule has 0 bridgehead atoms. The molecule has 10 heteroatoms. The fraction of sp³-hybridized carbons (Fsp3) is 0.280. The fourth-order valence-electron chi connectivity index (χ4n) is 4.33. The van der Waals surface area contributed by atoms with Crippen LogP contribution in [-0.4, -0.2) is 28.0 Å². The van der Waals surface area contributed by atoms with E-state index in [0.717, 1.165) is 29.5 Å². The lowest BCUT2D eigenvalue weighted by Crippen LogP contribution is -2.41. The number of rotatable bonds is 5. The normalized spacial score (nSPS) is 16.4. The molecule has 1 aromatic carbocycles. The number of pyridine rings is 2. The number of halogens is 2. The van der Waals surface area contributed by atoms with Crippen molar-refractivity contribution in [2.24, 2.45) is 5.92 Å². The average Bonchev–Trinajstić information content (AvgIpc) is 3.71. The van der Waals surface area contributed by atoms with Crippen LogP contribution in [0.25, 0.3) is 0 Å². The Hall–Kier alpha value is -3.30. The highest BCUT2D eigenvalue weighted by atomic mass is 35.5. The van der Waals surface area contributed by atoms with Gasteiger partial charge in [0.05, 0.1) is 22.9 Å².